The topological polar surface area (TPSA) is 90.9 Å². The Balaban J connectivity index is 2.67. The molecule has 18 heavy (non-hydrogen) atoms. The number of nitrogens with two attached hydrogens (primary N) is 1. The highest BCUT2D eigenvalue weighted by molar-refractivity contribution is 7.89. The molecule has 2 aromatic rings. The predicted molar refractivity (Wildman–Crippen MR) is 62.5 cm³/mol. The number of nitrogens with zero attached hydrogens (tertiary/aromatic N) is 3. The molecule has 0 atom stereocenters. The predicted octanol–water partition coefficient (Wildman–Crippen LogP) is 0.577. The molecule has 96 valence electrons. The Labute approximate surface area is 103 Å². The highest BCUT2D eigenvalue weighted by Crippen LogP contribution is 2.23. The van der Waals surface area contributed by atoms with Crippen LogP contribution in [-0.2, 0) is 17.1 Å². The van der Waals surface area contributed by atoms with Crippen LogP contribution in [0.1, 0.15) is 5.56 Å². The number of hydrogen-bond acceptors (Lipinski definition) is 4. The highest BCUT2D eigenvalue weighted by atomic mass is 32.2. The van der Waals surface area contributed by atoms with Gasteiger partial charge in [-0.15, -0.1) is 10.2 Å². The number of sulfonamides is 1. The van der Waals surface area contributed by atoms with Gasteiger partial charge in [-0.3, -0.25) is 4.57 Å². The van der Waals surface area contributed by atoms with Crippen LogP contribution in [0, 0.1) is 12.7 Å². The van der Waals surface area contributed by atoms with Gasteiger partial charge >= 0.3 is 0 Å². The number of benzene rings is 1. The van der Waals surface area contributed by atoms with Crippen molar-refractivity contribution in [2.24, 2.45) is 12.2 Å². The first-order valence-corrected chi connectivity index (χ1v) is 6.54. The lowest BCUT2D eigenvalue weighted by molar-refractivity contribution is 0.580. The SMILES string of the molecule is Cc1ccc(F)c(-c2nnc(S(N)(=O)=O)n2C)c1. The average Bonchev–Trinajstić information content (AvgIpc) is 2.63. The summed E-state index contributed by atoms with van der Waals surface area (Å²) in [6.45, 7) is 1.79. The van der Waals surface area contributed by atoms with Gasteiger partial charge in [0.1, 0.15) is 5.82 Å². The first-order valence-electron chi connectivity index (χ1n) is 4.99. The Morgan fingerprint density at radius 1 is 1.33 bits per heavy atom. The van der Waals surface area contributed by atoms with E-state index in [0.29, 0.717) is 0 Å². The van der Waals surface area contributed by atoms with Crippen LogP contribution < -0.4 is 5.14 Å². The monoisotopic (exact) mass is 270 g/mol. The third-order valence-electron chi connectivity index (χ3n) is 2.45. The molecule has 0 amide bonds. The van der Waals surface area contributed by atoms with E-state index in [4.69, 9.17) is 5.14 Å². The van der Waals surface area contributed by atoms with Gasteiger partial charge in [0.2, 0.25) is 0 Å². The Kier molecular flexibility index (Phi) is 2.91. The molecule has 0 saturated heterocycles. The standard InChI is InChI=1S/C10H11FN4O2S/c1-6-3-4-8(11)7(5-6)9-13-14-10(15(9)2)18(12,16)17/h3-5H,1-2H3,(H2,12,16,17). The Morgan fingerprint density at radius 2 is 2.00 bits per heavy atom. The second-order valence-corrected chi connectivity index (χ2v) is 5.35. The van der Waals surface area contributed by atoms with Gasteiger partial charge in [-0.1, -0.05) is 11.6 Å². The lowest BCUT2D eigenvalue weighted by atomic mass is 10.1. The van der Waals surface area contributed by atoms with E-state index in [9.17, 15) is 12.8 Å². The number of halogens is 1. The van der Waals surface area contributed by atoms with E-state index >= 15 is 0 Å². The molecule has 0 radical (unpaired) electrons. The van der Waals surface area contributed by atoms with Crippen LogP contribution in [0.2, 0.25) is 0 Å². The molecular weight excluding hydrogens is 259 g/mol. The number of primary sulfonamides is 1. The van der Waals surface area contributed by atoms with Gasteiger partial charge < -0.3 is 0 Å². The average molecular weight is 270 g/mol. The van der Waals surface area contributed by atoms with Crippen LogP contribution in [0.3, 0.4) is 0 Å². The van der Waals surface area contributed by atoms with Gasteiger partial charge in [-0.05, 0) is 19.1 Å². The van der Waals surface area contributed by atoms with E-state index in [0.717, 1.165) is 10.1 Å². The molecule has 1 aromatic heterocycles. The fraction of sp³-hybridized carbons (Fsp3) is 0.200. The van der Waals surface area contributed by atoms with E-state index in [1.54, 1.807) is 19.1 Å². The van der Waals surface area contributed by atoms with E-state index < -0.39 is 21.0 Å². The van der Waals surface area contributed by atoms with Crippen LogP contribution in [0.5, 0.6) is 0 Å². The van der Waals surface area contributed by atoms with Gasteiger partial charge in [0, 0.05) is 7.05 Å². The van der Waals surface area contributed by atoms with Crippen molar-refractivity contribution in [2.45, 2.75) is 12.1 Å². The van der Waals surface area contributed by atoms with Crippen molar-refractivity contribution in [3.63, 3.8) is 0 Å². The van der Waals surface area contributed by atoms with Gasteiger partial charge in [0.05, 0.1) is 5.56 Å². The highest BCUT2D eigenvalue weighted by Gasteiger charge is 2.21. The maximum Gasteiger partial charge on any atom is 0.273 e. The molecule has 2 rings (SSSR count). The first-order chi connectivity index (χ1) is 8.30. The number of rotatable bonds is 2. The molecule has 0 bridgehead atoms. The number of aryl methyl sites for hydroxylation is 1. The second kappa shape index (κ2) is 4.14. The molecular formula is C10H11FN4O2S. The minimum Gasteiger partial charge on any atom is -0.300 e. The van der Waals surface area contributed by atoms with Crippen molar-refractivity contribution >= 4 is 10.0 Å². The van der Waals surface area contributed by atoms with E-state index in [2.05, 4.69) is 10.2 Å². The summed E-state index contributed by atoms with van der Waals surface area (Å²) in [4.78, 5) is 0. The van der Waals surface area contributed by atoms with Crippen LogP contribution in [0.25, 0.3) is 11.4 Å². The largest absolute Gasteiger partial charge is 0.300 e. The van der Waals surface area contributed by atoms with Crippen molar-refractivity contribution < 1.29 is 12.8 Å². The molecule has 0 unspecified atom stereocenters. The molecule has 0 aliphatic rings. The summed E-state index contributed by atoms with van der Waals surface area (Å²) < 4.78 is 37.2. The summed E-state index contributed by atoms with van der Waals surface area (Å²) in [7, 11) is -2.56. The summed E-state index contributed by atoms with van der Waals surface area (Å²) >= 11 is 0. The van der Waals surface area contributed by atoms with E-state index in [1.165, 1.54) is 13.1 Å². The van der Waals surface area contributed by atoms with Crippen molar-refractivity contribution in [1.29, 1.82) is 0 Å². The van der Waals surface area contributed by atoms with Gasteiger partial charge in [0.25, 0.3) is 15.2 Å². The van der Waals surface area contributed by atoms with Crippen molar-refractivity contribution in [1.82, 2.24) is 14.8 Å². The van der Waals surface area contributed by atoms with Crippen LogP contribution in [-0.4, -0.2) is 23.2 Å². The third kappa shape index (κ3) is 2.12. The second-order valence-electron chi connectivity index (χ2n) is 3.89. The zero-order chi connectivity index (χ0) is 13.5. The van der Waals surface area contributed by atoms with Gasteiger partial charge in [0.15, 0.2) is 5.82 Å². The summed E-state index contributed by atoms with van der Waals surface area (Å²) in [5.74, 6) is -0.391. The van der Waals surface area contributed by atoms with Crippen molar-refractivity contribution in [3.05, 3.63) is 29.6 Å². The molecule has 0 saturated carbocycles. The molecule has 6 nitrogen and oxygen atoms in total. The normalized spacial score (nSPS) is 11.8. The van der Waals surface area contributed by atoms with E-state index in [-0.39, 0.29) is 11.4 Å². The summed E-state index contributed by atoms with van der Waals surface area (Å²) in [5.41, 5.74) is 1.01. The molecule has 0 aliphatic heterocycles. The number of aromatic nitrogens is 3. The molecule has 0 aliphatic carbocycles. The zero-order valence-corrected chi connectivity index (χ0v) is 10.6. The summed E-state index contributed by atoms with van der Waals surface area (Å²) in [6.07, 6.45) is 0. The van der Waals surface area contributed by atoms with Crippen molar-refractivity contribution in [3.8, 4) is 11.4 Å². The Hall–Kier alpha value is -1.80. The maximum absolute atomic E-state index is 13.7. The molecule has 2 N–H and O–H groups in total. The first kappa shape index (κ1) is 12.7. The molecule has 0 fully saturated rings. The summed E-state index contributed by atoms with van der Waals surface area (Å²) in [6, 6.07) is 4.46. The third-order valence-corrected chi connectivity index (χ3v) is 3.32. The Bertz CT molecular complexity index is 709. The molecule has 1 heterocycles. The minimum absolute atomic E-state index is 0.111. The lowest BCUT2D eigenvalue weighted by Crippen LogP contribution is -2.17. The van der Waals surface area contributed by atoms with Gasteiger partial charge in [-0.2, -0.15) is 0 Å². The number of hydrogen-bond donors (Lipinski definition) is 1. The minimum atomic E-state index is -3.98. The molecule has 0 spiro atoms. The lowest BCUT2D eigenvalue weighted by Gasteiger charge is -2.04. The quantitative estimate of drug-likeness (QED) is 0.864. The fourth-order valence-corrected chi connectivity index (χ4v) is 2.23. The molecule has 1 aromatic carbocycles. The smallest absolute Gasteiger partial charge is 0.273 e. The zero-order valence-electron chi connectivity index (χ0n) is 9.75. The summed E-state index contributed by atoms with van der Waals surface area (Å²) in [5, 5.41) is 11.7. The van der Waals surface area contributed by atoms with Gasteiger partial charge in [-0.25, -0.2) is 17.9 Å². The van der Waals surface area contributed by atoms with Crippen LogP contribution in [0.4, 0.5) is 4.39 Å². The Morgan fingerprint density at radius 3 is 2.56 bits per heavy atom. The maximum atomic E-state index is 13.7. The van der Waals surface area contributed by atoms with E-state index in [1.807, 2.05) is 0 Å². The van der Waals surface area contributed by atoms with Crippen molar-refractivity contribution in [2.75, 3.05) is 0 Å². The van der Waals surface area contributed by atoms with Crippen LogP contribution >= 0.6 is 0 Å². The van der Waals surface area contributed by atoms with Crippen LogP contribution in [0.15, 0.2) is 23.4 Å². The molecule has 8 heteroatoms. The fourth-order valence-electron chi connectivity index (χ4n) is 1.61.